The van der Waals surface area contributed by atoms with Crippen LogP contribution < -0.4 is 10.6 Å². The predicted molar refractivity (Wildman–Crippen MR) is 73.4 cm³/mol. The molecule has 2 N–H and O–H groups in total. The third kappa shape index (κ3) is 5.58. The summed E-state index contributed by atoms with van der Waals surface area (Å²) in [6.45, 7) is 4.13. The van der Waals surface area contributed by atoms with Crippen LogP contribution in [0.5, 0.6) is 0 Å². The van der Waals surface area contributed by atoms with Gasteiger partial charge in [-0.1, -0.05) is 0 Å². The first-order valence-corrected chi connectivity index (χ1v) is 7.37. The highest BCUT2D eigenvalue weighted by molar-refractivity contribution is 5.78. The fourth-order valence-electron chi connectivity index (χ4n) is 2.49. The zero-order valence-electron chi connectivity index (χ0n) is 11.5. The molecule has 0 spiro atoms. The summed E-state index contributed by atoms with van der Waals surface area (Å²) >= 11 is 0. The molecule has 0 bridgehead atoms. The topological polar surface area (TPSA) is 68.2 Å². The van der Waals surface area contributed by atoms with Crippen LogP contribution in [0.1, 0.15) is 32.1 Å². The Kier molecular flexibility index (Phi) is 5.62. The van der Waals surface area contributed by atoms with Gasteiger partial charge >= 0.3 is 0 Å². The van der Waals surface area contributed by atoms with Crippen molar-refractivity contribution >= 4 is 5.91 Å². The van der Waals surface area contributed by atoms with E-state index in [0.717, 1.165) is 31.6 Å². The van der Waals surface area contributed by atoms with Gasteiger partial charge < -0.3 is 10.6 Å². The van der Waals surface area contributed by atoms with Crippen molar-refractivity contribution in [2.75, 3.05) is 32.7 Å². The molecule has 0 unspecified atom stereocenters. The van der Waals surface area contributed by atoms with E-state index in [9.17, 15) is 4.79 Å². The summed E-state index contributed by atoms with van der Waals surface area (Å²) in [7, 11) is 0. The van der Waals surface area contributed by atoms with Crippen LogP contribution in [0.2, 0.25) is 0 Å². The Balaban J connectivity index is 1.54. The lowest BCUT2D eigenvalue weighted by Gasteiger charge is -2.31. The first-order chi connectivity index (χ1) is 9.28. The van der Waals surface area contributed by atoms with Gasteiger partial charge in [-0.3, -0.25) is 9.69 Å². The Bertz CT molecular complexity index is 327. The van der Waals surface area contributed by atoms with Crippen molar-refractivity contribution in [1.82, 2.24) is 15.5 Å². The van der Waals surface area contributed by atoms with E-state index in [-0.39, 0.29) is 5.91 Å². The van der Waals surface area contributed by atoms with Gasteiger partial charge in [0.25, 0.3) is 0 Å². The number of carbonyl (C=O) groups excluding carboxylic acids is 1. The Morgan fingerprint density at radius 2 is 2.00 bits per heavy atom. The number of amides is 1. The van der Waals surface area contributed by atoms with Gasteiger partial charge in [-0.25, -0.2) is 0 Å². The minimum Gasteiger partial charge on any atom is -0.354 e. The number of rotatable bonds is 7. The molecule has 1 heterocycles. The number of carbonyl (C=O) groups is 1. The predicted octanol–water partition coefficient (Wildman–Crippen LogP) is 0.480. The maximum absolute atomic E-state index is 11.6. The van der Waals surface area contributed by atoms with Gasteiger partial charge in [-0.15, -0.1) is 0 Å². The van der Waals surface area contributed by atoms with E-state index in [1.165, 1.54) is 25.7 Å². The number of likely N-dealkylation sites (tertiary alicyclic amines) is 1. The molecule has 0 aromatic carbocycles. The van der Waals surface area contributed by atoms with E-state index in [1.807, 2.05) is 6.07 Å². The molecule has 5 heteroatoms. The summed E-state index contributed by atoms with van der Waals surface area (Å²) in [6.07, 6.45) is 5.46. The SMILES string of the molecule is N#CCCNC(=O)CN1CCC(CNC2CC2)CC1. The summed E-state index contributed by atoms with van der Waals surface area (Å²) < 4.78 is 0. The highest BCUT2D eigenvalue weighted by atomic mass is 16.2. The van der Waals surface area contributed by atoms with Gasteiger partial charge in [-0.05, 0) is 51.2 Å². The van der Waals surface area contributed by atoms with E-state index in [2.05, 4.69) is 15.5 Å². The van der Waals surface area contributed by atoms with Gasteiger partial charge in [0.2, 0.25) is 5.91 Å². The molecular weight excluding hydrogens is 240 g/mol. The van der Waals surface area contributed by atoms with Crippen molar-refractivity contribution in [1.29, 1.82) is 5.26 Å². The van der Waals surface area contributed by atoms with E-state index >= 15 is 0 Å². The van der Waals surface area contributed by atoms with E-state index in [1.54, 1.807) is 0 Å². The van der Waals surface area contributed by atoms with E-state index < -0.39 is 0 Å². The molecule has 1 aliphatic heterocycles. The maximum Gasteiger partial charge on any atom is 0.234 e. The number of nitriles is 1. The second-order valence-electron chi connectivity index (χ2n) is 5.66. The number of hydrogen-bond acceptors (Lipinski definition) is 4. The van der Waals surface area contributed by atoms with Crippen molar-refractivity contribution < 1.29 is 4.79 Å². The molecule has 1 saturated carbocycles. The summed E-state index contributed by atoms with van der Waals surface area (Å²) in [6, 6.07) is 2.82. The molecule has 1 amide bonds. The van der Waals surface area contributed by atoms with Gasteiger partial charge in [0.15, 0.2) is 0 Å². The third-order valence-corrected chi connectivity index (χ3v) is 3.91. The molecule has 2 aliphatic rings. The molecule has 0 aromatic heterocycles. The first-order valence-electron chi connectivity index (χ1n) is 7.37. The monoisotopic (exact) mass is 264 g/mol. The van der Waals surface area contributed by atoms with Crippen LogP contribution in [-0.2, 0) is 4.79 Å². The minimum absolute atomic E-state index is 0.0461. The number of nitrogens with zero attached hydrogens (tertiary/aromatic N) is 2. The lowest BCUT2D eigenvalue weighted by atomic mass is 9.97. The van der Waals surface area contributed by atoms with Crippen LogP contribution in [0.3, 0.4) is 0 Å². The Morgan fingerprint density at radius 3 is 2.63 bits per heavy atom. The van der Waals surface area contributed by atoms with Crippen molar-refractivity contribution in [2.24, 2.45) is 5.92 Å². The molecule has 1 aliphatic carbocycles. The van der Waals surface area contributed by atoms with Gasteiger partial charge in [-0.2, -0.15) is 5.26 Å². The molecule has 19 heavy (non-hydrogen) atoms. The molecule has 0 radical (unpaired) electrons. The van der Waals surface area contributed by atoms with Crippen LogP contribution in [-0.4, -0.2) is 49.6 Å². The lowest BCUT2D eigenvalue weighted by molar-refractivity contribution is -0.122. The quantitative estimate of drug-likeness (QED) is 0.656. The normalized spacial score (nSPS) is 21.0. The second kappa shape index (κ2) is 7.46. The molecular formula is C14H24N4O. The summed E-state index contributed by atoms with van der Waals surface area (Å²) in [5, 5.41) is 14.8. The smallest absolute Gasteiger partial charge is 0.234 e. The number of nitrogens with one attached hydrogen (secondary N) is 2. The van der Waals surface area contributed by atoms with Crippen molar-refractivity contribution in [3.05, 3.63) is 0 Å². The standard InChI is InChI=1S/C14H24N4O/c15-6-1-7-16-14(19)11-18-8-4-12(5-9-18)10-17-13-2-3-13/h12-13,17H,1-5,7-11H2,(H,16,19). The molecule has 1 saturated heterocycles. The molecule has 2 rings (SSSR count). The summed E-state index contributed by atoms with van der Waals surface area (Å²) in [5.74, 6) is 0.823. The average Bonchev–Trinajstić information content (AvgIpc) is 3.22. The van der Waals surface area contributed by atoms with E-state index in [0.29, 0.717) is 19.5 Å². The van der Waals surface area contributed by atoms with Crippen molar-refractivity contribution in [3.63, 3.8) is 0 Å². The molecule has 0 atom stereocenters. The highest BCUT2D eigenvalue weighted by Crippen LogP contribution is 2.21. The second-order valence-corrected chi connectivity index (χ2v) is 5.66. The molecule has 0 aromatic rings. The zero-order valence-corrected chi connectivity index (χ0v) is 11.5. The Hall–Kier alpha value is -1.12. The van der Waals surface area contributed by atoms with Crippen LogP contribution >= 0.6 is 0 Å². The number of hydrogen-bond donors (Lipinski definition) is 2. The highest BCUT2D eigenvalue weighted by Gasteiger charge is 2.24. The van der Waals surface area contributed by atoms with Crippen LogP contribution in [0.4, 0.5) is 0 Å². The van der Waals surface area contributed by atoms with E-state index in [4.69, 9.17) is 5.26 Å². The molecule has 5 nitrogen and oxygen atoms in total. The van der Waals surface area contributed by atoms with Gasteiger partial charge in [0, 0.05) is 12.6 Å². The van der Waals surface area contributed by atoms with Crippen LogP contribution in [0.15, 0.2) is 0 Å². The summed E-state index contributed by atoms with van der Waals surface area (Å²) in [5.41, 5.74) is 0. The third-order valence-electron chi connectivity index (χ3n) is 3.91. The number of piperidine rings is 1. The fourth-order valence-corrected chi connectivity index (χ4v) is 2.49. The summed E-state index contributed by atoms with van der Waals surface area (Å²) in [4.78, 5) is 13.8. The largest absolute Gasteiger partial charge is 0.354 e. The Labute approximate surface area is 115 Å². The molecule has 2 fully saturated rings. The fraction of sp³-hybridized carbons (Fsp3) is 0.857. The Morgan fingerprint density at radius 1 is 1.26 bits per heavy atom. The molecule has 106 valence electrons. The van der Waals surface area contributed by atoms with Crippen molar-refractivity contribution in [2.45, 2.75) is 38.1 Å². The first kappa shape index (κ1) is 14.3. The maximum atomic E-state index is 11.6. The van der Waals surface area contributed by atoms with Gasteiger partial charge in [0.05, 0.1) is 19.0 Å². The minimum atomic E-state index is 0.0461. The lowest BCUT2D eigenvalue weighted by Crippen LogP contribution is -2.43. The van der Waals surface area contributed by atoms with Crippen LogP contribution in [0.25, 0.3) is 0 Å². The zero-order chi connectivity index (χ0) is 13.5. The van der Waals surface area contributed by atoms with Gasteiger partial charge in [0.1, 0.15) is 0 Å². The van der Waals surface area contributed by atoms with Crippen molar-refractivity contribution in [3.8, 4) is 6.07 Å². The average molecular weight is 264 g/mol. The van der Waals surface area contributed by atoms with Crippen LogP contribution in [0, 0.1) is 17.2 Å².